The van der Waals surface area contributed by atoms with E-state index in [4.69, 9.17) is 4.74 Å². The average Bonchev–Trinajstić information content (AvgIpc) is 3.04. The molecular formula is C16H26N4O2. The number of rotatable bonds is 3. The number of carbonyl (C=O) groups is 1. The highest BCUT2D eigenvalue weighted by Crippen LogP contribution is 2.24. The van der Waals surface area contributed by atoms with E-state index in [0.717, 1.165) is 18.7 Å². The van der Waals surface area contributed by atoms with Crippen LogP contribution in [0.2, 0.25) is 0 Å². The van der Waals surface area contributed by atoms with Gasteiger partial charge in [-0.15, -0.1) is 0 Å². The molecule has 0 radical (unpaired) electrons. The lowest BCUT2D eigenvalue weighted by Crippen LogP contribution is -2.50. The summed E-state index contributed by atoms with van der Waals surface area (Å²) in [5, 5.41) is 4.31. The summed E-state index contributed by atoms with van der Waals surface area (Å²) in [4.78, 5) is 17.0. The summed E-state index contributed by atoms with van der Waals surface area (Å²) in [6.07, 6.45) is 3.89. The largest absolute Gasteiger partial charge is 0.373 e. The zero-order chi connectivity index (χ0) is 15.7. The maximum atomic E-state index is 12.8. The molecule has 1 amide bonds. The van der Waals surface area contributed by atoms with Crippen LogP contribution < -0.4 is 0 Å². The van der Waals surface area contributed by atoms with Crippen LogP contribution in [0.15, 0.2) is 12.4 Å². The van der Waals surface area contributed by atoms with Crippen molar-refractivity contribution in [1.82, 2.24) is 19.6 Å². The Morgan fingerprint density at radius 3 is 2.86 bits per heavy atom. The van der Waals surface area contributed by atoms with E-state index in [9.17, 15) is 4.79 Å². The first-order valence-electron chi connectivity index (χ1n) is 8.11. The van der Waals surface area contributed by atoms with Gasteiger partial charge in [-0.25, -0.2) is 0 Å². The molecular weight excluding hydrogens is 280 g/mol. The minimum absolute atomic E-state index is 0.0337. The fourth-order valence-electron chi connectivity index (χ4n) is 3.57. The zero-order valence-electron chi connectivity index (χ0n) is 13.7. The topological polar surface area (TPSA) is 50.6 Å². The van der Waals surface area contributed by atoms with Crippen molar-refractivity contribution in [2.75, 3.05) is 39.8 Å². The Bertz CT molecular complexity index is 530. The van der Waals surface area contributed by atoms with Crippen molar-refractivity contribution in [3.8, 4) is 0 Å². The SMILES string of the molecule is Cc1cnn(C[C@@H]2CN(C(=O)[C@H]3CN(C)C[C@@H]3C)CCO2)c1. The van der Waals surface area contributed by atoms with Gasteiger partial charge in [-0.3, -0.25) is 9.48 Å². The lowest BCUT2D eigenvalue weighted by molar-refractivity contribution is -0.144. The highest BCUT2D eigenvalue weighted by molar-refractivity contribution is 5.79. The number of aryl methyl sites for hydroxylation is 1. The van der Waals surface area contributed by atoms with E-state index in [-0.39, 0.29) is 12.0 Å². The van der Waals surface area contributed by atoms with Crippen molar-refractivity contribution in [3.05, 3.63) is 18.0 Å². The van der Waals surface area contributed by atoms with Crippen molar-refractivity contribution >= 4 is 5.91 Å². The zero-order valence-corrected chi connectivity index (χ0v) is 13.7. The van der Waals surface area contributed by atoms with E-state index in [1.54, 1.807) is 0 Å². The molecule has 1 aromatic heterocycles. The van der Waals surface area contributed by atoms with Crippen LogP contribution in [0.3, 0.4) is 0 Å². The van der Waals surface area contributed by atoms with Gasteiger partial charge in [0, 0.05) is 32.4 Å². The first-order valence-corrected chi connectivity index (χ1v) is 8.11. The molecule has 0 aliphatic carbocycles. The van der Waals surface area contributed by atoms with Gasteiger partial charge in [0.05, 0.1) is 31.4 Å². The maximum absolute atomic E-state index is 12.8. The van der Waals surface area contributed by atoms with Gasteiger partial charge < -0.3 is 14.5 Å². The first kappa shape index (κ1) is 15.5. The summed E-state index contributed by atoms with van der Waals surface area (Å²) < 4.78 is 7.72. The molecule has 2 aliphatic heterocycles. The van der Waals surface area contributed by atoms with E-state index in [1.807, 2.05) is 28.9 Å². The Morgan fingerprint density at radius 1 is 1.41 bits per heavy atom. The monoisotopic (exact) mass is 306 g/mol. The number of carbonyl (C=O) groups excluding carboxylic acids is 1. The Balaban J connectivity index is 1.59. The van der Waals surface area contributed by atoms with Crippen LogP contribution in [-0.2, 0) is 16.1 Å². The summed E-state index contributed by atoms with van der Waals surface area (Å²) in [6.45, 7) is 8.79. The average molecular weight is 306 g/mol. The number of hydrogen-bond donors (Lipinski definition) is 0. The Hall–Kier alpha value is -1.40. The van der Waals surface area contributed by atoms with Gasteiger partial charge in [-0.1, -0.05) is 6.92 Å². The van der Waals surface area contributed by atoms with Crippen LogP contribution in [0.5, 0.6) is 0 Å². The van der Waals surface area contributed by atoms with E-state index < -0.39 is 0 Å². The van der Waals surface area contributed by atoms with E-state index >= 15 is 0 Å². The van der Waals surface area contributed by atoms with Gasteiger partial charge in [0.1, 0.15) is 0 Å². The van der Waals surface area contributed by atoms with Gasteiger partial charge >= 0.3 is 0 Å². The van der Waals surface area contributed by atoms with Crippen molar-refractivity contribution in [3.63, 3.8) is 0 Å². The molecule has 2 aliphatic rings. The third-order valence-corrected chi connectivity index (χ3v) is 4.72. The fourth-order valence-corrected chi connectivity index (χ4v) is 3.57. The third kappa shape index (κ3) is 3.33. The Morgan fingerprint density at radius 2 is 2.23 bits per heavy atom. The highest BCUT2D eigenvalue weighted by Gasteiger charge is 2.37. The number of hydrogen-bond acceptors (Lipinski definition) is 4. The number of morpholine rings is 1. The van der Waals surface area contributed by atoms with Crippen LogP contribution in [0, 0.1) is 18.8 Å². The summed E-state index contributed by atoms with van der Waals surface area (Å²) in [5.74, 6) is 0.866. The van der Waals surface area contributed by atoms with Gasteiger partial charge in [-0.2, -0.15) is 5.10 Å². The molecule has 6 nitrogen and oxygen atoms in total. The molecule has 0 unspecified atom stereocenters. The minimum atomic E-state index is 0.0337. The molecule has 22 heavy (non-hydrogen) atoms. The summed E-state index contributed by atoms with van der Waals surface area (Å²) >= 11 is 0. The van der Waals surface area contributed by atoms with Crippen molar-refractivity contribution < 1.29 is 9.53 Å². The normalized spacial score (nSPS) is 30.0. The molecule has 0 spiro atoms. The quantitative estimate of drug-likeness (QED) is 0.821. The van der Waals surface area contributed by atoms with Crippen LogP contribution >= 0.6 is 0 Å². The predicted molar refractivity (Wildman–Crippen MR) is 83.4 cm³/mol. The van der Waals surface area contributed by atoms with E-state index in [1.165, 1.54) is 0 Å². The summed E-state index contributed by atoms with van der Waals surface area (Å²) in [5.41, 5.74) is 1.14. The molecule has 0 saturated carbocycles. The molecule has 3 rings (SSSR count). The number of likely N-dealkylation sites (tertiary alicyclic amines) is 1. The molecule has 1 aromatic rings. The number of nitrogens with zero attached hydrogens (tertiary/aromatic N) is 4. The lowest BCUT2D eigenvalue weighted by atomic mass is 9.96. The number of amides is 1. The van der Waals surface area contributed by atoms with Crippen LogP contribution in [0.25, 0.3) is 0 Å². The third-order valence-electron chi connectivity index (χ3n) is 4.72. The Labute approximate surface area is 132 Å². The standard InChI is InChI=1S/C16H26N4O2/c1-12-6-17-20(7-12)10-14-9-19(4-5-22-14)16(21)15-11-18(3)8-13(15)2/h6-7,13-15H,4-5,8-11H2,1-3H3/t13-,14-,15-/m0/s1. The fraction of sp³-hybridized carbons (Fsp3) is 0.750. The minimum Gasteiger partial charge on any atom is -0.373 e. The second-order valence-corrected chi connectivity index (χ2v) is 6.82. The van der Waals surface area contributed by atoms with E-state index in [2.05, 4.69) is 24.0 Å². The van der Waals surface area contributed by atoms with Crippen LogP contribution in [0.4, 0.5) is 0 Å². The van der Waals surface area contributed by atoms with Gasteiger partial charge in [0.15, 0.2) is 0 Å². The molecule has 122 valence electrons. The highest BCUT2D eigenvalue weighted by atomic mass is 16.5. The van der Waals surface area contributed by atoms with Crippen LogP contribution in [0.1, 0.15) is 12.5 Å². The van der Waals surface area contributed by atoms with Gasteiger partial charge in [0.25, 0.3) is 0 Å². The first-order chi connectivity index (χ1) is 10.5. The van der Waals surface area contributed by atoms with Crippen LogP contribution in [-0.4, -0.2) is 71.4 Å². The molecule has 0 aromatic carbocycles. The van der Waals surface area contributed by atoms with E-state index in [0.29, 0.717) is 38.1 Å². The smallest absolute Gasteiger partial charge is 0.227 e. The molecule has 3 heterocycles. The predicted octanol–water partition coefficient (Wildman–Crippen LogP) is 0.617. The van der Waals surface area contributed by atoms with Crippen molar-refractivity contribution in [1.29, 1.82) is 0 Å². The van der Waals surface area contributed by atoms with Crippen molar-refractivity contribution in [2.24, 2.45) is 11.8 Å². The Kier molecular flexibility index (Phi) is 4.49. The second kappa shape index (κ2) is 6.38. The second-order valence-electron chi connectivity index (χ2n) is 6.82. The lowest BCUT2D eigenvalue weighted by Gasteiger charge is -2.35. The number of aromatic nitrogens is 2. The maximum Gasteiger partial charge on any atom is 0.227 e. The molecule has 2 fully saturated rings. The summed E-state index contributed by atoms with van der Waals surface area (Å²) in [6, 6.07) is 0. The van der Waals surface area contributed by atoms with Crippen molar-refractivity contribution in [2.45, 2.75) is 26.5 Å². The summed E-state index contributed by atoms with van der Waals surface area (Å²) in [7, 11) is 2.09. The molecule has 3 atom stereocenters. The van der Waals surface area contributed by atoms with Gasteiger partial charge in [-0.05, 0) is 25.5 Å². The molecule has 0 bridgehead atoms. The molecule has 2 saturated heterocycles. The molecule has 6 heteroatoms. The number of ether oxygens (including phenoxy) is 1. The molecule has 0 N–H and O–H groups in total. The van der Waals surface area contributed by atoms with Gasteiger partial charge in [0.2, 0.25) is 5.91 Å².